The lowest BCUT2D eigenvalue weighted by molar-refractivity contribution is 0.0787. The third-order valence-electron chi connectivity index (χ3n) is 4.09. The molecule has 1 aliphatic rings. The second kappa shape index (κ2) is 6.60. The van der Waals surface area contributed by atoms with Gasteiger partial charge in [0.15, 0.2) is 0 Å². The lowest BCUT2D eigenvalue weighted by Gasteiger charge is -2.19. The van der Waals surface area contributed by atoms with Crippen molar-refractivity contribution in [3.8, 4) is 0 Å². The number of rotatable bonds is 5. The second-order valence-corrected chi connectivity index (χ2v) is 5.50. The Hall–Kier alpha value is -1.51. The van der Waals surface area contributed by atoms with E-state index in [0.29, 0.717) is 0 Å². The van der Waals surface area contributed by atoms with Crippen molar-refractivity contribution in [2.75, 3.05) is 26.0 Å². The van der Waals surface area contributed by atoms with Gasteiger partial charge in [0.1, 0.15) is 0 Å². The van der Waals surface area contributed by atoms with Crippen LogP contribution in [-0.2, 0) is 0 Å². The first-order valence-corrected chi connectivity index (χ1v) is 7.24. The van der Waals surface area contributed by atoms with E-state index in [1.165, 1.54) is 25.7 Å². The maximum absolute atomic E-state index is 12.3. The van der Waals surface area contributed by atoms with Gasteiger partial charge in [0, 0.05) is 31.9 Å². The minimum atomic E-state index is 0.120. The fraction of sp³-hybridized carbons (Fsp3) is 0.562. The number of hydrogen-bond donors (Lipinski definition) is 1. The summed E-state index contributed by atoms with van der Waals surface area (Å²) in [7, 11) is 3.77. The third kappa shape index (κ3) is 3.72. The van der Waals surface area contributed by atoms with Gasteiger partial charge in [-0.25, -0.2) is 0 Å². The molecule has 0 heterocycles. The summed E-state index contributed by atoms with van der Waals surface area (Å²) in [5, 5.41) is 3.07. The van der Waals surface area contributed by atoms with Crippen molar-refractivity contribution in [1.29, 1.82) is 0 Å². The number of hydrogen-bond acceptors (Lipinski definition) is 2. The van der Waals surface area contributed by atoms with Gasteiger partial charge in [-0.3, -0.25) is 4.79 Å². The third-order valence-corrected chi connectivity index (χ3v) is 4.09. The predicted molar refractivity (Wildman–Crippen MR) is 79.5 cm³/mol. The zero-order valence-corrected chi connectivity index (χ0v) is 12.0. The molecular weight excluding hydrogens is 236 g/mol. The zero-order valence-electron chi connectivity index (χ0n) is 12.0. The van der Waals surface area contributed by atoms with Crippen LogP contribution in [0.5, 0.6) is 0 Å². The zero-order chi connectivity index (χ0) is 13.7. The normalized spacial score (nSPS) is 15.5. The van der Waals surface area contributed by atoms with Crippen LogP contribution in [0, 0.1) is 5.92 Å². The smallest absolute Gasteiger partial charge is 0.253 e. The standard InChI is InChI=1S/C16H24N2O/c1-17-15-9-5-8-14(12-15)16(19)18(2)11-10-13-6-3-4-7-13/h5,8-9,12-13,17H,3-4,6-7,10-11H2,1-2H3. The van der Waals surface area contributed by atoms with E-state index >= 15 is 0 Å². The average molecular weight is 260 g/mol. The number of carbonyl (C=O) groups is 1. The van der Waals surface area contributed by atoms with Crippen LogP contribution in [-0.4, -0.2) is 31.4 Å². The van der Waals surface area contributed by atoms with Gasteiger partial charge >= 0.3 is 0 Å². The molecule has 0 radical (unpaired) electrons. The molecule has 0 aliphatic heterocycles. The number of benzene rings is 1. The first-order valence-electron chi connectivity index (χ1n) is 7.24. The molecule has 1 amide bonds. The summed E-state index contributed by atoms with van der Waals surface area (Å²) in [4.78, 5) is 14.2. The maximum atomic E-state index is 12.3. The van der Waals surface area contributed by atoms with E-state index in [9.17, 15) is 4.79 Å². The van der Waals surface area contributed by atoms with E-state index in [-0.39, 0.29) is 5.91 Å². The molecule has 2 rings (SSSR count). The van der Waals surface area contributed by atoms with Crippen LogP contribution in [0.3, 0.4) is 0 Å². The summed E-state index contributed by atoms with van der Waals surface area (Å²) in [5.41, 5.74) is 1.75. The fourth-order valence-corrected chi connectivity index (χ4v) is 2.80. The van der Waals surface area contributed by atoms with E-state index in [0.717, 1.165) is 30.1 Å². The summed E-state index contributed by atoms with van der Waals surface area (Å²) < 4.78 is 0. The van der Waals surface area contributed by atoms with Crippen LogP contribution in [0.15, 0.2) is 24.3 Å². The van der Waals surface area contributed by atoms with Crippen molar-refractivity contribution in [3.05, 3.63) is 29.8 Å². The van der Waals surface area contributed by atoms with Crippen LogP contribution in [0.4, 0.5) is 5.69 Å². The van der Waals surface area contributed by atoms with Gasteiger partial charge in [-0.2, -0.15) is 0 Å². The average Bonchev–Trinajstić information content (AvgIpc) is 2.97. The molecular formula is C16H24N2O. The number of anilines is 1. The maximum Gasteiger partial charge on any atom is 0.253 e. The summed E-state index contributed by atoms with van der Waals surface area (Å²) >= 11 is 0. The molecule has 1 aromatic rings. The molecule has 3 heteroatoms. The van der Waals surface area contributed by atoms with E-state index in [1.807, 2.05) is 43.3 Å². The van der Waals surface area contributed by atoms with Crippen molar-refractivity contribution in [2.45, 2.75) is 32.1 Å². The minimum absolute atomic E-state index is 0.120. The molecule has 1 saturated carbocycles. The Morgan fingerprint density at radius 2 is 2.11 bits per heavy atom. The van der Waals surface area contributed by atoms with Crippen LogP contribution in [0.25, 0.3) is 0 Å². The molecule has 0 unspecified atom stereocenters. The summed E-state index contributed by atoms with van der Waals surface area (Å²) in [6.45, 7) is 0.868. The largest absolute Gasteiger partial charge is 0.388 e. The Bertz CT molecular complexity index is 425. The quantitative estimate of drug-likeness (QED) is 0.880. The molecule has 1 aliphatic carbocycles. The van der Waals surface area contributed by atoms with Gasteiger partial charge in [0.2, 0.25) is 0 Å². The van der Waals surface area contributed by atoms with Crippen LogP contribution < -0.4 is 5.32 Å². The highest BCUT2D eigenvalue weighted by Crippen LogP contribution is 2.27. The number of carbonyl (C=O) groups excluding carboxylic acids is 1. The Labute approximate surface area is 116 Å². The molecule has 0 atom stereocenters. The summed E-state index contributed by atoms with van der Waals surface area (Å²) in [6.07, 6.45) is 6.57. The summed E-state index contributed by atoms with van der Waals surface area (Å²) in [5.74, 6) is 0.953. The highest BCUT2D eigenvalue weighted by molar-refractivity contribution is 5.94. The Kier molecular flexibility index (Phi) is 4.83. The van der Waals surface area contributed by atoms with Crippen molar-refractivity contribution < 1.29 is 4.79 Å². The number of amides is 1. The van der Waals surface area contributed by atoms with Gasteiger partial charge < -0.3 is 10.2 Å². The van der Waals surface area contributed by atoms with E-state index < -0.39 is 0 Å². The molecule has 1 aromatic carbocycles. The van der Waals surface area contributed by atoms with Crippen molar-refractivity contribution >= 4 is 11.6 Å². The molecule has 3 nitrogen and oxygen atoms in total. The second-order valence-electron chi connectivity index (χ2n) is 5.50. The van der Waals surface area contributed by atoms with Crippen LogP contribution in [0.2, 0.25) is 0 Å². The minimum Gasteiger partial charge on any atom is -0.388 e. The Morgan fingerprint density at radius 1 is 1.37 bits per heavy atom. The topological polar surface area (TPSA) is 32.3 Å². The van der Waals surface area contributed by atoms with Crippen molar-refractivity contribution in [3.63, 3.8) is 0 Å². The van der Waals surface area contributed by atoms with Gasteiger partial charge in [-0.1, -0.05) is 31.7 Å². The molecule has 1 fully saturated rings. The SMILES string of the molecule is CNc1cccc(C(=O)N(C)CCC2CCCC2)c1. The highest BCUT2D eigenvalue weighted by atomic mass is 16.2. The monoisotopic (exact) mass is 260 g/mol. The van der Waals surface area contributed by atoms with Crippen molar-refractivity contribution in [2.24, 2.45) is 5.92 Å². The molecule has 1 N–H and O–H groups in total. The van der Waals surface area contributed by atoms with E-state index in [4.69, 9.17) is 0 Å². The van der Waals surface area contributed by atoms with E-state index in [1.54, 1.807) is 0 Å². The van der Waals surface area contributed by atoms with Crippen LogP contribution >= 0.6 is 0 Å². The van der Waals surface area contributed by atoms with Gasteiger partial charge in [-0.15, -0.1) is 0 Å². The molecule has 104 valence electrons. The fourth-order valence-electron chi connectivity index (χ4n) is 2.80. The first-order chi connectivity index (χ1) is 9.20. The van der Waals surface area contributed by atoms with Gasteiger partial charge in [0.05, 0.1) is 0 Å². The number of nitrogens with zero attached hydrogens (tertiary/aromatic N) is 1. The van der Waals surface area contributed by atoms with E-state index in [2.05, 4.69) is 5.32 Å². The van der Waals surface area contributed by atoms with Gasteiger partial charge in [0.25, 0.3) is 5.91 Å². The Balaban J connectivity index is 1.90. The lowest BCUT2D eigenvalue weighted by Crippen LogP contribution is -2.28. The summed E-state index contributed by atoms with van der Waals surface area (Å²) in [6, 6.07) is 7.68. The highest BCUT2D eigenvalue weighted by Gasteiger charge is 2.17. The molecule has 19 heavy (non-hydrogen) atoms. The lowest BCUT2D eigenvalue weighted by atomic mass is 10.0. The predicted octanol–water partition coefficient (Wildman–Crippen LogP) is 3.38. The molecule has 0 bridgehead atoms. The van der Waals surface area contributed by atoms with Crippen molar-refractivity contribution in [1.82, 2.24) is 4.90 Å². The molecule has 0 spiro atoms. The Morgan fingerprint density at radius 3 is 2.79 bits per heavy atom. The molecule has 0 saturated heterocycles. The van der Waals surface area contributed by atoms with Crippen LogP contribution in [0.1, 0.15) is 42.5 Å². The number of nitrogens with one attached hydrogen (secondary N) is 1. The first kappa shape index (κ1) is 13.9. The molecule has 0 aromatic heterocycles. The van der Waals surface area contributed by atoms with Gasteiger partial charge in [-0.05, 0) is 30.5 Å².